The Kier molecular flexibility index (Phi) is 7.97. The standard InChI is InChI=1S/C23H27BrClN3O2S/c1-5-27(6-2)13-14-28(22-26-19-12-7-16(24)15-20(19)31-22)21(29)23(3,4)30-18-10-8-17(25)9-11-18/h7-12,15H,5-6,13-14H2,1-4H3. The molecule has 31 heavy (non-hydrogen) atoms. The van der Waals surface area contributed by atoms with E-state index in [-0.39, 0.29) is 5.91 Å². The molecule has 0 aliphatic carbocycles. The zero-order valence-electron chi connectivity index (χ0n) is 18.2. The summed E-state index contributed by atoms with van der Waals surface area (Å²) in [6, 6.07) is 13.0. The number of nitrogens with zero attached hydrogens (tertiary/aromatic N) is 3. The highest BCUT2D eigenvalue weighted by Gasteiger charge is 2.36. The van der Waals surface area contributed by atoms with E-state index in [2.05, 4.69) is 34.7 Å². The number of halogens is 2. The second-order valence-electron chi connectivity index (χ2n) is 7.66. The second-order valence-corrected chi connectivity index (χ2v) is 10.0. The fourth-order valence-corrected chi connectivity index (χ4v) is 4.90. The van der Waals surface area contributed by atoms with Crippen LogP contribution in [-0.2, 0) is 4.79 Å². The van der Waals surface area contributed by atoms with Gasteiger partial charge in [-0.15, -0.1) is 0 Å². The number of carbonyl (C=O) groups is 1. The van der Waals surface area contributed by atoms with E-state index in [0.717, 1.165) is 34.3 Å². The monoisotopic (exact) mass is 523 g/mol. The highest BCUT2D eigenvalue weighted by Crippen LogP contribution is 2.33. The van der Waals surface area contributed by atoms with E-state index in [0.29, 0.717) is 22.4 Å². The van der Waals surface area contributed by atoms with Crippen molar-refractivity contribution in [3.63, 3.8) is 0 Å². The van der Waals surface area contributed by atoms with Gasteiger partial charge < -0.3 is 9.64 Å². The van der Waals surface area contributed by atoms with Crippen LogP contribution in [0.5, 0.6) is 5.75 Å². The number of anilines is 1. The molecule has 0 saturated heterocycles. The maximum absolute atomic E-state index is 13.7. The lowest BCUT2D eigenvalue weighted by Gasteiger charge is -2.32. The Bertz CT molecular complexity index is 1030. The molecule has 0 aliphatic rings. The van der Waals surface area contributed by atoms with Gasteiger partial charge in [0.2, 0.25) is 0 Å². The molecule has 3 rings (SSSR count). The van der Waals surface area contributed by atoms with Crippen LogP contribution < -0.4 is 9.64 Å². The first kappa shape index (κ1) is 24.0. The Morgan fingerprint density at radius 1 is 1.13 bits per heavy atom. The minimum Gasteiger partial charge on any atom is -0.478 e. The third-order valence-electron chi connectivity index (χ3n) is 5.05. The first-order chi connectivity index (χ1) is 14.7. The molecule has 0 bridgehead atoms. The molecular weight excluding hydrogens is 498 g/mol. The number of hydrogen-bond acceptors (Lipinski definition) is 5. The molecule has 166 valence electrons. The maximum atomic E-state index is 13.7. The zero-order chi connectivity index (χ0) is 22.6. The van der Waals surface area contributed by atoms with Gasteiger partial charge in [-0.05, 0) is 69.4 Å². The van der Waals surface area contributed by atoms with Crippen LogP contribution >= 0.6 is 38.9 Å². The van der Waals surface area contributed by atoms with E-state index in [1.54, 1.807) is 43.0 Å². The predicted octanol–water partition coefficient (Wildman–Crippen LogP) is 6.24. The van der Waals surface area contributed by atoms with Crippen LogP contribution in [0.4, 0.5) is 5.13 Å². The number of carbonyl (C=O) groups excluding carboxylic acids is 1. The molecule has 0 fully saturated rings. The Labute approximate surface area is 201 Å². The topological polar surface area (TPSA) is 45.7 Å². The minimum atomic E-state index is -1.07. The molecule has 2 aromatic carbocycles. The van der Waals surface area contributed by atoms with Crippen molar-refractivity contribution in [3.05, 3.63) is 52.0 Å². The molecule has 0 unspecified atom stereocenters. The first-order valence-corrected chi connectivity index (χ1v) is 12.3. The van der Waals surface area contributed by atoms with Crippen molar-refractivity contribution < 1.29 is 9.53 Å². The largest absolute Gasteiger partial charge is 0.478 e. The van der Waals surface area contributed by atoms with Gasteiger partial charge in [-0.2, -0.15) is 0 Å². The highest BCUT2D eigenvalue weighted by atomic mass is 79.9. The van der Waals surface area contributed by atoms with Crippen LogP contribution in [0.3, 0.4) is 0 Å². The summed E-state index contributed by atoms with van der Waals surface area (Å²) in [5, 5.41) is 1.30. The molecular formula is C23H27BrClN3O2S. The number of likely N-dealkylation sites (N-methyl/N-ethyl adjacent to an activating group) is 1. The number of fused-ring (bicyclic) bond motifs is 1. The third kappa shape index (κ3) is 5.98. The van der Waals surface area contributed by atoms with Gasteiger partial charge in [-0.25, -0.2) is 4.98 Å². The molecule has 0 N–H and O–H groups in total. The summed E-state index contributed by atoms with van der Waals surface area (Å²) in [5.74, 6) is 0.465. The highest BCUT2D eigenvalue weighted by molar-refractivity contribution is 9.10. The Morgan fingerprint density at radius 3 is 2.45 bits per heavy atom. The summed E-state index contributed by atoms with van der Waals surface area (Å²) >= 11 is 11.0. The fourth-order valence-electron chi connectivity index (χ4n) is 3.23. The van der Waals surface area contributed by atoms with Gasteiger partial charge in [0, 0.05) is 22.6 Å². The van der Waals surface area contributed by atoms with E-state index < -0.39 is 5.60 Å². The summed E-state index contributed by atoms with van der Waals surface area (Å²) in [7, 11) is 0. The van der Waals surface area contributed by atoms with Crippen LogP contribution in [0, 0.1) is 0 Å². The Morgan fingerprint density at radius 2 is 1.81 bits per heavy atom. The average Bonchev–Trinajstić information content (AvgIpc) is 3.15. The van der Waals surface area contributed by atoms with Crippen LogP contribution in [0.25, 0.3) is 10.2 Å². The summed E-state index contributed by atoms with van der Waals surface area (Å²) in [4.78, 5) is 22.5. The molecule has 0 spiro atoms. The van der Waals surface area contributed by atoms with Crippen molar-refractivity contribution in [3.8, 4) is 5.75 Å². The normalized spacial score (nSPS) is 11.8. The van der Waals surface area contributed by atoms with Gasteiger partial charge in [-0.3, -0.25) is 9.69 Å². The number of thiazole rings is 1. The number of amides is 1. The maximum Gasteiger partial charge on any atom is 0.272 e. The number of rotatable bonds is 9. The van der Waals surface area contributed by atoms with Crippen molar-refractivity contribution in [2.24, 2.45) is 0 Å². The number of hydrogen-bond donors (Lipinski definition) is 0. The minimum absolute atomic E-state index is 0.132. The lowest BCUT2D eigenvalue weighted by atomic mass is 10.1. The van der Waals surface area contributed by atoms with Gasteiger partial charge >= 0.3 is 0 Å². The lowest BCUT2D eigenvalue weighted by Crippen LogP contribution is -2.51. The van der Waals surface area contributed by atoms with Gasteiger partial charge in [0.15, 0.2) is 10.7 Å². The van der Waals surface area contributed by atoms with Crippen LogP contribution in [0.1, 0.15) is 27.7 Å². The molecule has 0 atom stereocenters. The number of ether oxygens (including phenoxy) is 1. The third-order valence-corrected chi connectivity index (χ3v) is 6.84. The van der Waals surface area contributed by atoms with Crippen LogP contribution in [0.2, 0.25) is 5.02 Å². The quantitative estimate of drug-likeness (QED) is 0.332. The Balaban J connectivity index is 1.91. The van der Waals surface area contributed by atoms with Crippen molar-refractivity contribution in [1.82, 2.24) is 9.88 Å². The summed E-state index contributed by atoms with van der Waals surface area (Å²) < 4.78 is 8.10. The predicted molar refractivity (Wildman–Crippen MR) is 134 cm³/mol. The van der Waals surface area contributed by atoms with Crippen LogP contribution in [0.15, 0.2) is 46.9 Å². The number of benzene rings is 2. The Hall–Kier alpha value is -1.67. The molecule has 0 aliphatic heterocycles. The first-order valence-electron chi connectivity index (χ1n) is 10.3. The molecule has 0 radical (unpaired) electrons. The van der Waals surface area contributed by atoms with Crippen molar-refractivity contribution in [2.75, 3.05) is 31.1 Å². The van der Waals surface area contributed by atoms with E-state index in [1.165, 1.54) is 11.3 Å². The molecule has 1 heterocycles. The van der Waals surface area contributed by atoms with E-state index in [4.69, 9.17) is 21.3 Å². The SMILES string of the molecule is CCN(CC)CCN(C(=O)C(C)(C)Oc1ccc(Cl)cc1)c1nc2ccc(Br)cc2s1. The number of aromatic nitrogens is 1. The molecule has 3 aromatic rings. The van der Waals surface area contributed by atoms with E-state index in [1.807, 2.05) is 18.2 Å². The molecule has 8 heteroatoms. The van der Waals surface area contributed by atoms with Gasteiger partial charge in [0.05, 0.1) is 10.2 Å². The molecule has 5 nitrogen and oxygen atoms in total. The zero-order valence-corrected chi connectivity index (χ0v) is 21.4. The van der Waals surface area contributed by atoms with Gasteiger partial charge in [0.1, 0.15) is 5.75 Å². The summed E-state index contributed by atoms with van der Waals surface area (Å²) in [6.07, 6.45) is 0. The fraction of sp³-hybridized carbons (Fsp3) is 0.391. The summed E-state index contributed by atoms with van der Waals surface area (Å²) in [6.45, 7) is 11.0. The second kappa shape index (κ2) is 10.3. The molecule has 1 amide bonds. The van der Waals surface area contributed by atoms with E-state index >= 15 is 0 Å². The molecule has 0 saturated carbocycles. The molecule has 1 aromatic heterocycles. The summed E-state index contributed by atoms with van der Waals surface area (Å²) in [5.41, 5.74) is -0.199. The van der Waals surface area contributed by atoms with Crippen LogP contribution in [-0.4, -0.2) is 47.6 Å². The van der Waals surface area contributed by atoms with Crippen molar-refractivity contribution in [2.45, 2.75) is 33.3 Å². The van der Waals surface area contributed by atoms with Crippen molar-refractivity contribution in [1.29, 1.82) is 0 Å². The van der Waals surface area contributed by atoms with Gasteiger partial charge in [0.25, 0.3) is 5.91 Å². The van der Waals surface area contributed by atoms with E-state index in [9.17, 15) is 4.79 Å². The smallest absolute Gasteiger partial charge is 0.272 e. The lowest BCUT2D eigenvalue weighted by molar-refractivity contribution is -0.131. The van der Waals surface area contributed by atoms with Crippen molar-refractivity contribution >= 4 is 60.1 Å². The van der Waals surface area contributed by atoms with Gasteiger partial charge in [-0.1, -0.05) is 52.7 Å². The average molecular weight is 525 g/mol.